The van der Waals surface area contributed by atoms with Crippen molar-refractivity contribution in [2.75, 3.05) is 19.0 Å². The summed E-state index contributed by atoms with van der Waals surface area (Å²) in [6, 6.07) is 10.9. The molecule has 1 heterocycles. The number of hydrogen-bond donors (Lipinski definition) is 1. The first-order valence-electron chi connectivity index (χ1n) is 5.90. The Hall–Kier alpha value is -2.34. The number of hydrogen-bond acceptors (Lipinski definition) is 5. The monoisotopic (exact) mass is 290 g/mol. The molecule has 1 N–H and O–H groups in total. The van der Waals surface area contributed by atoms with E-state index in [2.05, 4.69) is 10.5 Å². The molecule has 0 aliphatic heterocycles. The van der Waals surface area contributed by atoms with Gasteiger partial charge in [0.2, 0.25) is 0 Å². The molecule has 0 saturated carbocycles. The number of rotatable bonds is 6. The molecule has 0 atom stereocenters. The summed E-state index contributed by atoms with van der Waals surface area (Å²) in [5, 5.41) is 8.37. The minimum Gasteiger partial charge on any atom is -0.497 e. The smallest absolute Gasteiger partial charge is 0.265 e. The maximum absolute atomic E-state index is 11.6. The zero-order chi connectivity index (χ0) is 14.2. The molecular weight excluding hydrogens is 276 g/mol. The highest BCUT2D eigenvalue weighted by Crippen LogP contribution is 2.14. The summed E-state index contributed by atoms with van der Waals surface area (Å²) in [7, 11) is 1.59. The predicted octanol–water partition coefficient (Wildman–Crippen LogP) is 2.75. The van der Waals surface area contributed by atoms with Crippen LogP contribution in [0.3, 0.4) is 0 Å². The minimum absolute atomic E-state index is 0.131. The summed E-state index contributed by atoms with van der Waals surface area (Å²) >= 11 is 1.55. The number of amides is 1. The van der Waals surface area contributed by atoms with Crippen LogP contribution in [0.2, 0.25) is 0 Å². The van der Waals surface area contributed by atoms with Gasteiger partial charge in [-0.2, -0.15) is 0 Å². The first-order chi connectivity index (χ1) is 9.78. The number of nitrogens with one attached hydrogen (secondary N) is 1. The summed E-state index contributed by atoms with van der Waals surface area (Å²) in [6.07, 6.45) is 1.57. The van der Waals surface area contributed by atoms with Gasteiger partial charge in [-0.15, -0.1) is 11.3 Å². The lowest BCUT2D eigenvalue weighted by atomic mass is 10.3. The summed E-state index contributed by atoms with van der Waals surface area (Å²) < 4.78 is 5.03. The van der Waals surface area contributed by atoms with Crippen LogP contribution >= 0.6 is 11.3 Å². The molecule has 6 heteroatoms. The fraction of sp³-hybridized carbons (Fsp3) is 0.143. The number of thiophene rings is 1. The molecule has 1 aromatic carbocycles. The Kier molecular flexibility index (Phi) is 5.14. The van der Waals surface area contributed by atoms with Gasteiger partial charge in [0.1, 0.15) is 5.75 Å². The number of methoxy groups -OCH3 is 1. The maximum atomic E-state index is 11.6. The number of benzene rings is 1. The third-order valence-electron chi connectivity index (χ3n) is 2.37. The molecular formula is C14H14N2O3S. The van der Waals surface area contributed by atoms with Crippen molar-refractivity contribution >= 4 is 29.1 Å². The van der Waals surface area contributed by atoms with Crippen LogP contribution in [0.15, 0.2) is 46.9 Å². The van der Waals surface area contributed by atoms with Crippen LogP contribution < -0.4 is 10.1 Å². The zero-order valence-electron chi connectivity index (χ0n) is 10.9. The van der Waals surface area contributed by atoms with E-state index in [1.807, 2.05) is 17.5 Å². The van der Waals surface area contributed by atoms with E-state index in [0.717, 1.165) is 10.6 Å². The van der Waals surface area contributed by atoms with Crippen LogP contribution in [0.4, 0.5) is 5.69 Å². The van der Waals surface area contributed by atoms with Crippen molar-refractivity contribution in [1.82, 2.24) is 0 Å². The molecule has 0 saturated heterocycles. The molecule has 0 aliphatic rings. The Morgan fingerprint density at radius 3 is 2.80 bits per heavy atom. The first kappa shape index (κ1) is 14.1. The number of carbonyl (C=O) groups excluding carboxylic acids is 1. The zero-order valence-corrected chi connectivity index (χ0v) is 11.7. The van der Waals surface area contributed by atoms with Crippen LogP contribution in [0.25, 0.3) is 0 Å². The van der Waals surface area contributed by atoms with E-state index in [1.54, 1.807) is 48.9 Å². The molecule has 1 amide bonds. The van der Waals surface area contributed by atoms with Crippen molar-refractivity contribution in [3.05, 3.63) is 46.7 Å². The van der Waals surface area contributed by atoms with Gasteiger partial charge in [0.15, 0.2) is 6.61 Å². The molecule has 0 fully saturated rings. The quantitative estimate of drug-likeness (QED) is 0.657. The van der Waals surface area contributed by atoms with Gasteiger partial charge < -0.3 is 14.9 Å². The van der Waals surface area contributed by atoms with Crippen molar-refractivity contribution in [2.24, 2.45) is 5.16 Å². The fourth-order valence-electron chi connectivity index (χ4n) is 1.42. The molecule has 104 valence electrons. The lowest BCUT2D eigenvalue weighted by Gasteiger charge is -2.05. The molecule has 2 rings (SSSR count). The molecule has 0 aliphatic carbocycles. The Balaban J connectivity index is 1.74. The molecule has 0 unspecified atom stereocenters. The Bertz CT molecular complexity index is 565. The van der Waals surface area contributed by atoms with Crippen molar-refractivity contribution in [3.8, 4) is 5.75 Å². The standard InChI is InChI=1S/C14H14N2O3S/c1-18-12-6-4-11(5-7-12)16-14(17)10-19-15-9-13-3-2-8-20-13/h2-9H,10H2,1H3,(H,16,17)/b15-9+. The van der Waals surface area contributed by atoms with Gasteiger partial charge >= 0.3 is 0 Å². The van der Waals surface area contributed by atoms with Crippen LogP contribution in [0.1, 0.15) is 4.88 Å². The number of carbonyl (C=O) groups is 1. The van der Waals surface area contributed by atoms with E-state index in [0.29, 0.717) is 5.69 Å². The van der Waals surface area contributed by atoms with Gasteiger partial charge in [-0.05, 0) is 35.7 Å². The van der Waals surface area contributed by atoms with E-state index in [4.69, 9.17) is 9.57 Å². The maximum Gasteiger partial charge on any atom is 0.265 e. The highest BCUT2D eigenvalue weighted by atomic mass is 32.1. The third-order valence-corrected chi connectivity index (χ3v) is 3.17. The van der Waals surface area contributed by atoms with Gasteiger partial charge in [-0.1, -0.05) is 11.2 Å². The second kappa shape index (κ2) is 7.30. The molecule has 5 nitrogen and oxygen atoms in total. The molecule has 0 bridgehead atoms. The molecule has 20 heavy (non-hydrogen) atoms. The van der Waals surface area contributed by atoms with Crippen LogP contribution in [-0.4, -0.2) is 25.8 Å². The average Bonchev–Trinajstić information content (AvgIpc) is 2.98. The average molecular weight is 290 g/mol. The summed E-state index contributed by atoms with van der Waals surface area (Å²) in [4.78, 5) is 17.5. The second-order valence-corrected chi connectivity index (χ2v) is 4.78. The number of ether oxygens (including phenoxy) is 1. The lowest BCUT2D eigenvalue weighted by Crippen LogP contribution is -2.16. The van der Waals surface area contributed by atoms with Gasteiger partial charge in [0.05, 0.1) is 13.3 Å². The van der Waals surface area contributed by atoms with Crippen molar-refractivity contribution < 1.29 is 14.4 Å². The SMILES string of the molecule is COc1ccc(NC(=O)CO/N=C/c2cccs2)cc1. The largest absolute Gasteiger partial charge is 0.497 e. The summed E-state index contributed by atoms with van der Waals surface area (Å²) in [6.45, 7) is -0.131. The van der Waals surface area contributed by atoms with Crippen LogP contribution in [0, 0.1) is 0 Å². The predicted molar refractivity (Wildman–Crippen MR) is 79.5 cm³/mol. The van der Waals surface area contributed by atoms with E-state index in [1.165, 1.54) is 0 Å². The van der Waals surface area contributed by atoms with Crippen molar-refractivity contribution in [3.63, 3.8) is 0 Å². The lowest BCUT2D eigenvalue weighted by molar-refractivity contribution is -0.120. The number of oxime groups is 1. The fourth-order valence-corrected chi connectivity index (χ4v) is 2.00. The van der Waals surface area contributed by atoms with Crippen LogP contribution in [-0.2, 0) is 9.63 Å². The number of anilines is 1. The highest BCUT2D eigenvalue weighted by Gasteiger charge is 2.02. The molecule has 0 radical (unpaired) electrons. The Morgan fingerprint density at radius 2 is 2.15 bits per heavy atom. The molecule has 0 spiro atoms. The van der Waals surface area contributed by atoms with E-state index in [9.17, 15) is 4.79 Å². The number of nitrogens with zero attached hydrogens (tertiary/aromatic N) is 1. The summed E-state index contributed by atoms with van der Waals surface area (Å²) in [5.41, 5.74) is 0.682. The third kappa shape index (κ3) is 4.40. The molecule has 2 aromatic rings. The van der Waals surface area contributed by atoms with Gasteiger partial charge in [-0.3, -0.25) is 4.79 Å². The second-order valence-electron chi connectivity index (χ2n) is 3.80. The van der Waals surface area contributed by atoms with Gasteiger partial charge in [-0.25, -0.2) is 0 Å². The van der Waals surface area contributed by atoms with E-state index < -0.39 is 0 Å². The summed E-state index contributed by atoms with van der Waals surface area (Å²) in [5.74, 6) is 0.471. The van der Waals surface area contributed by atoms with E-state index in [-0.39, 0.29) is 12.5 Å². The Morgan fingerprint density at radius 1 is 1.35 bits per heavy atom. The van der Waals surface area contributed by atoms with Crippen LogP contribution in [0.5, 0.6) is 5.75 Å². The van der Waals surface area contributed by atoms with Gasteiger partial charge in [0, 0.05) is 10.6 Å². The van der Waals surface area contributed by atoms with E-state index >= 15 is 0 Å². The first-order valence-corrected chi connectivity index (χ1v) is 6.78. The minimum atomic E-state index is -0.265. The topological polar surface area (TPSA) is 59.9 Å². The Labute approximate surface area is 120 Å². The van der Waals surface area contributed by atoms with Gasteiger partial charge in [0.25, 0.3) is 5.91 Å². The molecule has 1 aromatic heterocycles. The van der Waals surface area contributed by atoms with Crippen molar-refractivity contribution in [2.45, 2.75) is 0 Å². The highest BCUT2D eigenvalue weighted by molar-refractivity contribution is 7.11. The normalized spacial score (nSPS) is 10.4. The van der Waals surface area contributed by atoms with Crippen molar-refractivity contribution in [1.29, 1.82) is 0 Å².